The standard InChI is InChI=1S/C22H47BrN.BrH/c1-4-6-8-10-12-14-16-18-20-24(3,22-23)21-19-17-15-13-11-9-7-5-2;/h4-22H2,1-3H3;1H/q+1;/p-1. The van der Waals surface area contributed by atoms with Crippen LogP contribution in [0.1, 0.15) is 117 Å². The van der Waals surface area contributed by atoms with E-state index >= 15 is 0 Å². The highest BCUT2D eigenvalue weighted by atomic mass is 79.9. The minimum Gasteiger partial charge on any atom is -1.00 e. The van der Waals surface area contributed by atoms with Gasteiger partial charge in [-0.1, -0.05) is 90.9 Å². The van der Waals surface area contributed by atoms with Gasteiger partial charge in [-0.05, 0) is 41.6 Å². The molecule has 0 spiro atoms. The van der Waals surface area contributed by atoms with Crippen LogP contribution < -0.4 is 17.0 Å². The lowest BCUT2D eigenvalue weighted by atomic mass is 10.1. The van der Waals surface area contributed by atoms with Crippen molar-refractivity contribution in [3.8, 4) is 0 Å². The van der Waals surface area contributed by atoms with Crippen molar-refractivity contribution in [3.63, 3.8) is 0 Å². The summed E-state index contributed by atoms with van der Waals surface area (Å²) in [6.45, 7) is 7.31. The Morgan fingerprint density at radius 1 is 0.520 bits per heavy atom. The van der Waals surface area contributed by atoms with E-state index in [0.29, 0.717) is 0 Å². The smallest absolute Gasteiger partial charge is 0.134 e. The van der Waals surface area contributed by atoms with E-state index in [1.54, 1.807) is 0 Å². The molecule has 0 heterocycles. The summed E-state index contributed by atoms with van der Waals surface area (Å²) in [5.41, 5.74) is 1.12. The van der Waals surface area contributed by atoms with Gasteiger partial charge < -0.3 is 21.5 Å². The fourth-order valence-electron chi connectivity index (χ4n) is 3.49. The molecule has 25 heavy (non-hydrogen) atoms. The second-order valence-corrected chi connectivity index (χ2v) is 8.64. The average Bonchev–Trinajstić information content (AvgIpc) is 2.59. The zero-order valence-corrected chi connectivity index (χ0v) is 20.8. The maximum absolute atomic E-state index is 3.77. The van der Waals surface area contributed by atoms with Crippen LogP contribution >= 0.6 is 15.9 Å². The Labute approximate surface area is 179 Å². The summed E-state index contributed by atoms with van der Waals surface area (Å²) in [7, 11) is 2.44. The van der Waals surface area contributed by atoms with Crippen LogP contribution in [0.2, 0.25) is 0 Å². The molecule has 0 aromatic carbocycles. The molecule has 1 nitrogen and oxygen atoms in total. The Kier molecular flexibility index (Phi) is 23.9. The van der Waals surface area contributed by atoms with Gasteiger partial charge in [-0.3, -0.25) is 0 Å². The molecule has 0 unspecified atom stereocenters. The van der Waals surface area contributed by atoms with Gasteiger partial charge in [-0.2, -0.15) is 0 Å². The Hall–Kier alpha value is 0.920. The van der Waals surface area contributed by atoms with Crippen molar-refractivity contribution in [1.29, 1.82) is 0 Å². The normalized spacial score (nSPS) is 11.5. The molecular weight excluding hydrogens is 438 g/mol. The Morgan fingerprint density at radius 3 is 1.08 bits per heavy atom. The molecule has 154 valence electrons. The maximum atomic E-state index is 3.77. The molecule has 0 aromatic rings. The number of hydrogen-bond acceptors (Lipinski definition) is 0. The Bertz CT molecular complexity index is 226. The largest absolute Gasteiger partial charge is 1.00 e. The number of unbranched alkanes of at least 4 members (excludes halogenated alkanes) is 14. The molecule has 3 heteroatoms. The van der Waals surface area contributed by atoms with Crippen molar-refractivity contribution in [2.45, 2.75) is 117 Å². The molecule has 0 aliphatic carbocycles. The van der Waals surface area contributed by atoms with E-state index in [1.165, 1.54) is 120 Å². The highest BCUT2D eigenvalue weighted by molar-refractivity contribution is 9.09. The quantitative estimate of drug-likeness (QED) is 0.104. The molecule has 0 aliphatic rings. The zero-order valence-electron chi connectivity index (χ0n) is 17.6. The van der Waals surface area contributed by atoms with E-state index in [2.05, 4.69) is 36.8 Å². The molecule has 0 fully saturated rings. The molecular formula is C22H47Br2N. The summed E-state index contributed by atoms with van der Waals surface area (Å²) in [6.07, 6.45) is 22.9. The van der Waals surface area contributed by atoms with Crippen molar-refractivity contribution >= 4 is 15.9 Å². The van der Waals surface area contributed by atoms with Gasteiger partial charge in [-0.25, -0.2) is 0 Å². The lowest BCUT2D eigenvalue weighted by Crippen LogP contribution is -3.00. The summed E-state index contributed by atoms with van der Waals surface area (Å²) in [4.78, 5) is 0. The summed E-state index contributed by atoms with van der Waals surface area (Å²) in [5, 5.41) is 0. The lowest BCUT2D eigenvalue weighted by molar-refractivity contribution is -0.896. The molecule has 0 saturated heterocycles. The Morgan fingerprint density at radius 2 is 0.800 bits per heavy atom. The van der Waals surface area contributed by atoms with E-state index in [9.17, 15) is 0 Å². The third kappa shape index (κ3) is 19.5. The van der Waals surface area contributed by atoms with Crippen molar-refractivity contribution in [3.05, 3.63) is 0 Å². The second-order valence-electron chi connectivity index (χ2n) is 8.14. The first kappa shape index (κ1) is 28.1. The van der Waals surface area contributed by atoms with Crippen molar-refractivity contribution in [2.75, 3.05) is 25.6 Å². The number of hydrogen-bond donors (Lipinski definition) is 0. The van der Waals surface area contributed by atoms with Gasteiger partial charge >= 0.3 is 0 Å². The number of halogens is 2. The van der Waals surface area contributed by atoms with Gasteiger partial charge in [-0.15, -0.1) is 0 Å². The van der Waals surface area contributed by atoms with E-state index < -0.39 is 0 Å². The van der Waals surface area contributed by atoms with Crippen LogP contribution in [-0.4, -0.2) is 30.1 Å². The van der Waals surface area contributed by atoms with E-state index in [4.69, 9.17) is 0 Å². The molecule has 0 bridgehead atoms. The van der Waals surface area contributed by atoms with E-state index in [0.717, 1.165) is 5.45 Å². The van der Waals surface area contributed by atoms with Crippen LogP contribution in [0.25, 0.3) is 0 Å². The number of rotatable bonds is 19. The molecule has 0 atom stereocenters. The van der Waals surface area contributed by atoms with Gasteiger partial charge in [0.05, 0.1) is 20.1 Å². The fourth-order valence-corrected chi connectivity index (χ4v) is 3.99. The van der Waals surface area contributed by atoms with Crippen LogP contribution in [0.3, 0.4) is 0 Å². The monoisotopic (exact) mass is 483 g/mol. The first-order valence-corrected chi connectivity index (χ1v) is 12.2. The highest BCUT2D eigenvalue weighted by Gasteiger charge is 2.18. The van der Waals surface area contributed by atoms with Crippen LogP contribution in [0.4, 0.5) is 0 Å². The van der Waals surface area contributed by atoms with Crippen molar-refractivity contribution in [2.24, 2.45) is 0 Å². The van der Waals surface area contributed by atoms with Crippen LogP contribution in [-0.2, 0) is 0 Å². The van der Waals surface area contributed by atoms with Gasteiger partial charge in [0.2, 0.25) is 0 Å². The minimum atomic E-state index is 0. The summed E-state index contributed by atoms with van der Waals surface area (Å²) in [5.74, 6) is 0. The first-order chi connectivity index (χ1) is 11.7. The van der Waals surface area contributed by atoms with Crippen LogP contribution in [0.5, 0.6) is 0 Å². The number of alkyl halides is 1. The minimum absolute atomic E-state index is 0. The zero-order chi connectivity index (χ0) is 17.9. The molecule has 0 aliphatic heterocycles. The maximum Gasteiger partial charge on any atom is 0.134 e. The van der Waals surface area contributed by atoms with Crippen molar-refractivity contribution < 1.29 is 21.5 Å². The number of quaternary nitrogens is 1. The Balaban J connectivity index is 0. The van der Waals surface area contributed by atoms with E-state index in [1.807, 2.05) is 0 Å². The SMILES string of the molecule is CCCCCCCCCC[N+](C)(CBr)CCCCCCCCCC.[Br-]. The average molecular weight is 485 g/mol. The van der Waals surface area contributed by atoms with E-state index in [-0.39, 0.29) is 17.0 Å². The molecule has 0 saturated carbocycles. The fraction of sp³-hybridized carbons (Fsp3) is 1.00. The molecule has 0 radical (unpaired) electrons. The third-order valence-corrected chi connectivity index (χ3v) is 6.60. The highest BCUT2D eigenvalue weighted by Crippen LogP contribution is 2.15. The van der Waals surface area contributed by atoms with Gasteiger partial charge in [0.15, 0.2) is 0 Å². The van der Waals surface area contributed by atoms with Crippen molar-refractivity contribution in [1.82, 2.24) is 0 Å². The van der Waals surface area contributed by atoms with Gasteiger partial charge in [0.25, 0.3) is 0 Å². The summed E-state index contributed by atoms with van der Waals surface area (Å²) in [6, 6.07) is 0. The summed E-state index contributed by atoms with van der Waals surface area (Å²) >= 11 is 3.77. The lowest BCUT2D eigenvalue weighted by Gasteiger charge is -2.32. The molecule has 0 N–H and O–H groups in total. The van der Waals surface area contributed by atoms with Gasteiger partial charge in [0, 0.05) is 0 Å². The van der Waals surface area contributed by atoms with Gasteiger partial charge in [0.1, 0.15) is 5.45 Å². The third-order valence-electron chi connectivity index (χ3n) is 5.39. The second kappa shape index (κ2) is 21.2. The number of nitrogens with zero attached hydrogens (tertiary/aromatic N) is 1. The predicted molar refractivity (Wildman–Crippen MR) is 115 cm³/mol. The predicted octanol–water partition coefficient (Wildman–Crippen LogP) is 5.07. The topological polar surface area (TPSA) is 0 Å². The van der Waals surface area contributed by atoms with Crippen LogP contribution in [0, 0.1) is 0 Å². The molecule has 0 rings (SSSR count). The molecule has 0 amide bonds. The molecule has 0 aromatic heterocycles. The van der Waals surface area contributed by atoms with Crippen LogP contribution in [0.15, 0.2) is 0 Å². The first-order valence-electron chi connectivity index (χ1n) is 11.1. The summed E-state index contributed by atoms with van der Waals surface area (Å²) < 4.78 is 1.23.